The van der Waals surface area contributed by atoms with E-state index in [4.69, 9.17) is 16.7 Å². The van der Waals surface area contributed by atoms with Gasteiger partial charge in [0.25, 0.3) is 0 Å². The van der Waals surface area contributed by atoms with E-state index in [1.54, 1.807) is 12.1 Å². The van der Waals surface area contributed by atoms with Crippen LogP contribution < -0.4 is 0 Å². The summed E-state index contributed by atoms with van der Waals surface area (Å²) in [5.74, 6) is -1.05. The standard InChI is InChI=1S/C10H6ClN3O3/c11-7-2-1-3-12-9(7)14-8(10(16)17)4-6(5-15)13-14/h1-5H,(H,16,17). The molecule has 0 unspecified atom stereocenters. The van der Waals surface area contributed by atoms with E-state index in [1.165, 1.54) is 6.20 Å². The number of aromatic carboxylic acids is 1. The fourth-order valence-corrected chi connectivity index (χ4v) is 1.51. The quantitative estimate of drug-likeness (QED) is 0.834. The van der Waals surface area contributed by atoms with Crippen molar-refractivity contribution in [1.29, 1.82) is 0 Å². The van der Waals surface area contributed by atoms with Gasteiger partial charge in [0.1, 0.15) is 5.69 Å². The Labute approximate surface area is 100 Å². The van der Waals surface area contributed by atoms with E-state index in [0.717, 1.165) is 10.7 Å². The molecular formula is C10H6ClN3O3. The minimum atomic E-state index is -1.22. The number of aldehydes is 1. The summed E-state index contributed by atoms with van der Waals surface area (Å²) in [5.41, 5.74) is -0.170. The normalized spacial score (nSPS) is 10.2. The van der Waals surface area contributed by atoms with Crippen molar-refractivity contribution in [3.05, 3.63) is 40.8 Å². The lowest BCUT2D eigenvalue weighted by Gasteiger charge is -2.04. The fraction of sp³-hybridized carbons (Fsp3) is 0. The number of pyridine rings is 1. The molecule has 0 aliphatic heterocycles. The molecule has 0 saturated carbocycles. The smallest absolute Gasteiger partial charge is 0.354 e. The molecule has 0 spiro atoms. The van der Waals surface area contributed by atoms with Gasteiger partial charge < -0.3 is 5.11 Å². The maximum Gasteiger partial charge on any atom is 0.354 e. The van der Waals surface area contributed by atoms with Crippen molar-refractivity contribution >= 4 is 23.9 Å². The average Bonchev–Trinajstić information content (AvgIpc) is 2.73. The van der Waals surface area contributed by atoms with Crippen LogP contribution in [0.15, 0.2) is 24.4 Å². The Morgan fingerprint density at radius 3 is 2.88 bits per heavy atom. The molecule has 0 bridgehead atoms. The van der Waals surface area contributed by atoms with Gasteiger partial charge in [0.2, 0.25) is 0 Å². The van der Waals surface area contributed by atoms with E-state index in [-0.39, 0.29) is 22.2 Å². The monoisotopic (exact) mass is 251 g/mol. The number of hydrogen-bond donors (Lipinski definition) is 1. The number of hydrogen-bond acceptors (Lipinski definition) is 4. The molecule has 6 nitrogen and oxygen atoms in total. The molecule has 0 saturated heterocycles. The Kier molecular flexibility index (Phi) is 2.88. The SMILES string of the molecule is O=Cc1cc(C(=O)O)n(-c2ncccc2Cl)n1. The van der Waals surface area contributed by atoms with E-state index in [2.05, 4.69) is 10.1 Å². The molecule has 0 fully saturated rings. The second-order valence-electron chi connectivity index (χ2n) is 3.10. The molecule has 0 aliphatic carbocycles. The highest BCUT2D eigenvalue weighted by Gasteiger charge is 2.17. The highest BCUT2D eigenvalue weighted by atomic mass is 35.5. The molecule has 2 aromatic rings. The van der Waals surface area contributed by atoms with Crippen molar-refractivity contribution in [3.63, 3.8) is 0 Å². The third-order valence-electron chi connectivity index (χ3n) is 2.01. The first kappa shape index (κ1) is 11.3. The van der Waals surface area contributed by atoms with Crippen molar-refractivity contribution in [1.82, 2.24) is 14.8 Å². The van der Waals surface area contributed by atoms with Gasteiger partial charge in [-0.15, -0.1) is 0 Å². The number of carbonyl (C=O) groups excluding carboxylic acids is 1. The Hall–Kier alpha value is -2.21. The van der Waals surface area contributed by atoms with E-state index < -0.39 is 5.97 Å². The second kappa shape index (κ2) is 4.34. The highest BCUT2D eigenvalue weighted by Crippen LogP contribution is 2.18. The molecule has 0 aliphatic rings. The predicted octanol–water partition coefficient (Wildman–Crippen LogP) is 1.43. The van der Waals surface area contributed by atoms with E-state index in [9.17, 15) is 9.59 Å². The summed E-state index contributed by atoms with van der Waals surface area (Å²) in [6.45, 7) is 0. The number of aromatic nitrogens is 3. The van der Waals surface area contributed by atoms with Crippen LogP contribution in [0.3, 0.4) is 0 Å². The summed E-state index contributed by atoms with van der Waals surface area (Å²) in [7, 11) is 0. The van der Waals surface area contributed by atoms with Crippen LogP contribution >= 0.6 is 11.6 Å². The van der Waals surface area contributed by atoms with Gasteiger partial charge in [-0.25, -0.2) is 14.5 Å². The molecule has 0 radical (unpaired) electrons. The summed E-state index contributed by atoms with van der Waals surface area (Å²) in [4.78, 5) is 25.5. The first-order valence-electron chi connectivity index (χ1n) is 4.53. The summed E-state index contributed by atoms with van der Waals surface area (Å²) in [5, 5.41) is 13.0. The largest absolute Gasteiger partial charge is 0.477 e. The Balaban J connectivity index is 2.66. The van der Waals surface area contributed by atoms with Gasteiger partial charge in [-0.2, -0.15) is 5.10 Å². The number of carbonyl (C=O) groups is 2. The van der Waals surface area contributed by atoms with Crippen molar-refractivity contribution in [2.45, 2.75) is 0 Å². The summed E-state index contributed by atoms with van der Waals surface area (Å²) in [6.07, 6.45) is 1.91. The van der Waals surface area contributed by atoms with Crippen molar-refractivity contribution in [2.75, 3.05) is 0 Å². The van der Waals surface area contributed by atoms with Crippen LogP contribution in [0.25, 0.3) is 5.82 Å². The average molecular weight is 252 g/mol. The van der Waals surface area contributed by atoms with Gasteiger partial charge in [0.05, 0.1) is 5.02 Å². The highest BCUT2D eigenvalue weighted by molar-refractivity contribution is 6.32. The maximum atomic E-state index is 11.0. The van der Waals surface area contributed by atoms with Crippen LogP contribution in [0.1, 0.15) is 21.0 Å². The van der Waals surface area contributed by atoms with Crippen LogP contribution in [0.5, 0.6) is 0 Å². The van der Waals surface area contributed by atoms with E-state index >= 15 is 0 Å². The van der Waals surface area contributed by atoms with Crippen LogP contribution in [-0.2, 0) is 0 Å². The third-order valence-corrected chi connectivity index (χ3v) is 2.30. The minimum Gasteiger partial charge on any atom is -0.477 e. The summed E-state index contributed by atoms with van der Waals surface area (Å²) < 4.78 is 1.02. The van der Waals surface area contributed by atoms with E-state index in [1.807, 2.05) is 0 Å². The topological polar surface area (TPSA) is 85.1 Å². The minimum absolute atomic E-state index is 0.00381. The Morgan fingerprint density at radius 1 is 1.53 bits per heavy atom. The summed E-state index contributed by atoms with van der Waals surface area (Å²) in [6, 6.07) is 4.31. The molecule has 2 rings (SSSR count). The van der Waals surface area contributed by atoms with Gasteiger partial charge in [-0.1, -0.05) is 11.6 Å². The number of halogens is 1. The zero-order valence-corrected chi connectivity index (χ0v) is 9.13. The molecule has 1 N–H and O–H groups in total. The molecule has 0 aromatic carbocycles. The van der Waals surface area contributed by atoms with Crippen molar-refractivity contribution in [3.8, 4) is 5.82 Å². The third kappa shape index (κ3) is 2.02. The van der Waals surface area contributed by atoms with Crippen LogP contribution in [-0.4, -0.2) is 32.1 Å². The van der Waals surface area contributed by atoms with Gasteiger partial charge in [-0.05, 0) is 12.1 Å². The van der Waals surface area contributed by atoms with Crippen molar-refractivity contribution in [2.24, 2.45) is 0 Å². The van der Waals surface area contributed by atoms with Gasteiger partial charge in [-0.3, -0.25) is 4.79 Å². The van der Waals surface area contributed by atoms with Gasteiger partial charge >= 0.3 is 5.97 Å². The van der Waals surface area contributed by atoms with Crippen LogP contribution in [0.4, 0.5) is 0 Å². The van der Waals surface area contributed by atoms with Crippen LogP contribution in [0, 0.1) is 0 Å². The zero-order chi connectivity index (χ0) is 12.4. The molecule has 2 heterocycles. The molecule has 2 aromatic heterocycles. The van der Waals surface area contributed by atoms with E-state index in [0.29, 0.717) is 6.29 Å². The second-order valence-corrected chi connectivity index (χ2v) is 3.51. The molecule has 0 amide bonds. The lowest BCUT2D eigenvalue weighted by Crippen LogP contribution is -2.09. The molecule has 86 valence electrons. The van der Waals surface area contributed by atoms with Gasteiger partial charge in [0, 0.05) is 12.3 Å². The van der Waals surface area contributed by atoms with Crippen LogP contribution in [0.2, 0.25) is 5.02 Å². The number of rotatable bonds is 3. The Morgan fingerprint density at radius 2 is 2.29 bits per heavy atom. The molecule has 0 atom stereocenters. The first-order valence-corrected chi connectivity index (χ1v) is 4.90. The molecule has 7 heteroatoms. The lowest BCUT2D eigenvalue weighted by molar-refractivity contribution is 0.0686. The predicted molar refractivity (Wildman–Crippen MR) is 58.7 cm³/mol. The van der Waals surface area contributed by atoms with Gasteiger partial charge in [0.15, 0.2) is 17.8 Å². The number of carboxylic acid groups (broad SMARTS) is 1. The number of nitrogens with zero attached hydrogens (tertiary/aromatic N) is 3. The fourth-order valence-electron chi connectivity index (χ4n) is 1.30. The number of carboxylic acids is 1. The molecular weight excluding hydrogens is 246 g/mol. The Bertz CT molecular complexity index is 594. The summed E-state index contributed by atoms with van der Waals surface area (Å²) >= 11 is 5.88. The first-order chi connectivity index (χ1) is 8.13. The maximum absolute atomic E-state index is 11.0. The zero-order valence-electron chi connectivity index (χ0n) is 8.37. The van der Waals surface area contributed by atoms with Crippen molar-refractivity contribution < 1.29 is 14.7 Å². The molecule has 17 heavy (non-hydrogen) atoms. The lowest BCUT2D eigenvalue weighted by atomic mass is 10.3.